The van der Waals surface area contributed by atoms with Gasteiger partial charge in [-0.2, -0.15) is 4.80 Å². The van der Waals surface area contributed by atoms with Gasteiger partial charge in [-0.05, 0) is 48.5 Å². The van der Waals surface area contributed by atoms with Crippen LogP contribution in [0.25, 0.3) is 16.7 Å². The van der Waals surface area contributed by atoms with E-state index in [-0.39, 0.29) is 12.5 Å². The molecule has 1 aromatic heterocycles. The van der Waals surface area contributed by atoms with Gasteiger partial charge >= 0.3 is 0 Å². The Labute approximate surface area is 182 Å². The molecule has 0 spiro atoms. The van der Waals surface area contributed by atoms with E-state index in [1.165, 1.54) is 4.80 Å². The molecule has 1 atom stereocenters. The zero-order chi connectivity index (χ0) is 21.4. The van der Waals surface area contributed by atoms with E-state index in [1.807, 2.05) is 18.2 Å². The average Bonchev–Trinajstić information content (AvgIpc) is 3.22. The fourth-order valence-electron chi connectivity index (χ4n) is 3.26. The smallest absolute Gasteiger partial charge is 0.269 e. The quantitative estimate of drug-likeness (QED) is 0.522. The van der Waals surface area contributed by atoms with E-state index in [4.69, 9.17) is 25.8 Å². The van der Waals surface area contributed by atoms with Gasteiger partial charge < -0.3 is 19.5 Å². The second-order valence-corrected chi connectivity index (χ2v) is 7.27. The maximum absolute atomic E-state index is 12.7. The summed E-state index contributed by atoms with van der Waals surface area (Å²) >= 11 is 6.20. The van der Waals surface area contributed by atoms with Gasteiger partial charge in [-0.15, -0.1) is 10.2 Å². The first-order chi connectivity index (χ1) is 15.1. The molecule has 0 saturated heterocycles. The zero-order valence-corrected chi connectivity index (χ0v) is 17.2. The summed E-state index contributed by atoms with van der Waals surface area (Å²) in [5, 5.41) is 12.3. The number of fused-ring (bicyclic) bond motifs is 2. The van der Waals surface area contributed by atoms with Crippen molar-refractivity contribution in [2.45, 2.75) is 6.10 Å². The highest BCUT2D eigenvalue weighted by Gasteiger charge is 2.27. The van der Waals surface area contributed by atoms with Crippen molar-refractivity contribution >= 4 is 34.2 Å². The molecule has 2 heterocycles. The van der Waals surface area contributed by atoms with Crippen LogP contribution < -0.4 is 19.5 Å². The minimum Gasteiger partial charge on any atom is -0.495 e. The van der Waals surface area contributed by atoms with Crippen molar-refractivity contribution in [1.82, 2.24) is 15.0 Å². The van der Waals surface area contributed by atoms with Gasteiger partial charge in [0.1, 0.15) is 23.4 Å². The Morgan fingerprint density at radius 3 is 2.71 bits per heavy atom. The highest BCUT2D eigenvalue weighted by molar-refractivity contribution is 6.32. The second-order valence-electron chi connectivity index (χ2n) is 6.87. The van der Waals surface area contributed by atoms with Crippen LogP contribution in [0.3, 0.4) is 0 Å². The highest BCUT2D eigenvalue weighted by Crippen LogP contribution is 2.31. The average molecular weight is 437 g/mol. The predicted octanol–water partition coefficient (Wildman–Crippen LogP) is 3.86. The number of nitrogens with one attached hydrogen (secondary N) is 1. The third-order valence-electron chi connectivity index (χ3n) is 4.82. The first-order valence-electron chi connectivity index (χ1n) is 9.51. The lowest BCUT2D eigenvalue weighted by Crippen LogP contribution is -2.40. The number of anilines is 1. The van der Waals surface area contributed by atoms with Crippen molar-refractivity contribution in [2.75, 3.05) is 19.0 Å². The van der Waals surface area contributed by atoms with Gasteiger partial charge in [0, 0.05) is 5.69 Å². The third kappa shape index (κ3) is 3.73. The van der Waals surface area contributed by atoms with Gasteiger partial charge in [-0.1, -0.05) is 23.7 Å². The lowest BCUT2D eigenvalue weighted by Gasteiger charge is -2.25. The fourth-order valence-corrected chi connectivity index (χ4v) is 3.51. The molecule has 5 rings (SSSR count). The molecule has 3 aromatic carbocycles. The Hall–Kier alpha value is -3.78. The first kappa shape index (κ1) is 19.2. The monoisotopic (exact) mass is 436 g/mol. The molecule has 0 saturated carbocycles. The Bertz CT molecular complexity index is 1290. The summed E-state index contributed by atoms with van der Waals surface area (Å²) in [6.45, 7) is 0.138. The molecule has 1 aliphatic rings. The van der Waals surface area contributed by atoms with E-state index in [0.717, 1.165) is 0 Å². The Kier molecular flexibility index (Phi) is 4.83. The van der Waals surface area contributed by atoms with Crippen molar-refractivity contribution in [3.63, 3.8) is 0 Å². The van der Waals surface area contributed by atoms with E-state index in [0.29, 0.717) is 44.7 Å². The molecule has 8 nitrogen and oxygen atoms in total. The minimum absolute atomic E-state index is 0.138. The molecule has 9 heteroatoms. The van der Waals surface area contributed by atoms with Crippen LogP contribution in [0.4, 0.5) is 5.69 Å². The Morgan fingerprint density at radius 2 is 1.90 bits per heavy atom. The molecule has 0 unspecified atom stereocenters. The molecule has 31 heavy (non-hydrogen) atoms. The molecule has 0 fully saturated rings. The van der Waals surface area contributed by atoms with Crippen LogP contribution in [0.2, 0.25) is 5.02 Å². The number of amides is 1. The number of hydrogen-bond acceptors (Lipinski definition) is 6. The topological polar surface area (TPSA) is 87.5 Å². The van der Waals surface area contributed by atoms with Gasteiger partial charge in [0.25, 0.3) is 5.91 Å². The number of ether oxygens (including phenoxy) is 3. The number of nitrogens with zero attached hydrogens (tertiary/aromatic N) is 3. The number of benzene rings is 3. The summed E-state index contributed by atoms with van der Waals surface area (Å²) in [5.41, 5.74) is 2.57. The summed E-state index contributed by atoms with van der Waals surface area (Å²) in [4.78, 5) is 14.1. The summed E-state index contributed by atoms with van der Waals surface area (Å²) in [7, 11) is 1.56. The van der Waals surface area contributed by atoms with Crippen LogP contribution in [-0.4, -0.2) is 40.7 Å². The predicted molar refractivity (Wildman–Crippen MR) is 115 cm³/mol. The van der Waals surface area contributed by atoms with E-state index in [9.17, 15) is 4.79 Å². The van der Waals surface area contributed by atoms with Crippen LogP contribution in [0, 0.1) is 0 Å². The number of halogens is 1. The van der Waals surface area contributed by atoms with Gasteiger partial charge in [0.05, 0.1) is 17.8 Å². The number of carbonyl (C=O) groups is 1. The summed E-state index contributed by atoms with van der Waals surface area (Å²) in [6, 6.07) is 17.8. The molecular weight excluding hydrogens is 420 g/mol. The number of aromatic nitrogens is 3. The number of rotatable bonds is 4. The van der Waals surface area contributed by atoms with Gasteiger partial charge in [0.15, 0.2) is 11.5 Å². The highest BCUT2D eigenvalue weighted by atomic mass is 35.5. The number of carbonyl (C=O) groups excluding carboxylic acids is 1. The van der Waals surface area contributed by atoms with Gasteiger partial charge in [-0.3, -0.25) is 4.79 Å². The SMILES string of the molecule is COc1ccc(-n2nc3ccc(NC(=O)[C@@H]4COc5ccccc5O4)cc3n2)cc1Cl. The summed E-state index contributed by atoms with van der Waals surface area (Å²) < 4.78 is 16.5. The maximum Gasteiger partial charge on any atom is 0.269 e. The molecule has 1 amide bonds. The van der Waals surface area contributed by atoms with Crippen molar-refractivity contribution in [3.05, 3.63) is 65.7 Å². The molecular formula is C22H17ClN4O4. The first-order valence-corrected chi connectivity index (χ1v) is 9.89. The van der Waals surface area contributed by atoms with E-state index >= 15 is 0 Å². The lowest BCUT2D eigenvalue weighted by atomic mass is 10.2. The summed E-state index contributed by atoms with van der Waals surface area (Å²) in [5.74, 6) is 1.44. The van der Waals surface area contributed by atoms with Crippen LogP contribution in [0.15, 0.2) is 60.7 Å². The largest absolute Gasteiger partial charge is 0.495 e. The normalized spacial score (nSPS) is 15.0. The molecule has 0 bridgehead atoms. The Balaban J connectivity index is 1.34. The molecule has 4 aromatic rings. The van der Waals surface area contributed by atoms with Crippen LogP contribution in [-0.2, 0) is 4.79 Å². The molecule has 1 N–H and O–H groups in total. The Morgan fingerprint density at radius 1 is 1.10 bits per heavy atom. The fraction of sp³-hybridized carbons (Fsp3) is 0.136. The second kappa shape index (κ2) is 7.81. The number of methoxy groups -OCH3 is 1. The number of hydrogen-bond donors (Lipinski definition) is 1. The van der Waals surface area contributed by atoms with Crippen LogP contribution >= 0.6 is 11.6 Å². The van der Waals surface area contributed by atoms with E-state index in [1.54, 1.807) is 49.6 Å². The standard InChI is InChI=1S/C22H17ClN4O4/c1-29-18-9-7-14(11-15(18)23)27-25-16-8-6-13(10-17(16)26-27)24-22(28)21-12-30-19-4-2-3-5-20(19)31-21/h2-11,21H,12H2,1H3,(H,24,28)/t21-/m0/s1. The van der Waals surface area contributed by atoms with Crippen LogP contribution in [0.5, 0.6) is 17.2 Å². The maximum atomic E-state index is 12.7. The third-order valence-corrected chi connectivity index (χ3v) is 5.11. The minimum atomic E-state index is -0.747. The molecule has 0 radical (unpaired) electrons. The van der Waals surface area contributed by atoms with Crippen LogP contribution in [0.1, 0.15) is 0 Å². The van der Waals surface area contributed by atoms with Crippen molar-refractivity contribution in [1.29, 1.82) is 0 Å². The van der Waals surface area contributed by atoms with Gasteiger partial charge in [0.2, 0.25) is 6.10 Å². The molecule has 156 valence electrons. The van der Waals surface area contributed by atoms with Gasteiger partial charge in [-0.25, -0.2) is 0 Å². The van der Waals surface area contributed by atoms with Crippen molar-refractivity contribution < 1.29 is 19.0 Å². The zero-order valence-electron chi connectivity index (χ0n) is 16.4. The number of para-hydroxylation sites is 2. The molecule has 0 aliphatic carbocycles. The van der Waals surface area contributed by atoms with Crippen molar-refractivity contribution in [3.8, 4) is 22.9 Å². The van der Waals surface area contributed by atoms with E-state index < -0.39 is 6.10 Å². The molecule has 1 aliphatic heterocycles. The summed E-state index contributed by atoms with van der Waals surface area (Å²) in [6.07, 6.45) is -0.747. The van der Waals surface area contributed by atoms with Crippen molar-refractivity contribution in [2.24, 2.45) is 0 Å². The lowest BCUT2D eigenvalue weighted by molar-refractivity contribution is -0.125. The van der Waals surface area contributed by atoms with E-state index in [2.05, 4.69) is 15.5 Å².